The quantitative estimate of drug-likeness (QED) is 0.608. The highest BCUT2D eigenvalue weighted by Crippen LogP contribution is 2.17. The summed E-state index contributed by atoms with van der Waals surface area (Å²) < 4.78 is 0. The first-order valence-electron chi connectivity index (χ1n) is 4.01. The van der Waals surface area contributed by atoms with Crippen molar-refractivity contribution in [3.63, 3.8) is 0 Å². The lowest BCUT2D eigenvalue weighted by Gasteiger charge is -2.00. The molecular formula is C10H17NS. The molecule has 0 unspecified atom stereocenters. The van der Waals surface area contributed by atoms with Crippen LogP contribution in [0.25, 0.3) is 0 Å². The molecule has 0 aliphatic carbocycles. The number of hydrogen-bond donors (Lipinski definition) is 0. The van der Waals surface area contributed by atoms with E-state index < -0.39 is 0 Å². The smallest absolute Gasteiger partial charge is 0.0946 e. The van der Waals surface area contributed by atoms with E-state index in [0.717, 1.165) is 10.7 Å². The van der Waals surface area contributed by atoms with Gasteiger partial charge in [0, 0.05) is 5.71 Å². The van der Waals surface area contributed by atoms with Crippen molar-refractivity contribution in [2.45, 2.75) is 27.7 Å². The van der Waals surface area contributed by atoms with Crippen LogP contribution in [-0.2, 0) is 0 Å². The number of nitrogens with zero attached hydrogens (tertiary/aromatic N) is 1. The molecule has 0 aromatic carbocycles. The van der Waals surface area contributed by atoms with Gasteiger partial charge in [0.2, 0.25) is 0 Å². The maximum absolute atomic E-state index is 4.46. The standard InChI is InChI=1S/C10H17NS/c1-6-7-9(4)11-10(12-5)8(2)3/h6-7H,1-5H3/b7-6-,11-9-. The van der Waals surface area contributed by atoms with Crippen molar-refractivity contribution in [1.82, 2.24) is 0 Å². The molecule has 2 heteroatoms. The normalized spacial score (nSPS) is 12.2. The summed E-state index contributed by atoms with van der Waals surface area (Å²) in [5.41, 5.74) is 2.33. The third kappa shape index (κ3) is 4.39. The van der Waals surface area contributed by atoms with Gasteiger partial charge in [0.05, 0.1) is 5.03 Å². The summed E-state index contributed by atoms with van der Waals surface area (Å²) in [4.78, 5) is 4.46. The van der Waals surface area contributed by atoms with Crippen molar-refractivity contribution < 1.29 is 0 Å². The molecule has 0 heterocycles. The highest BCUT2D eigenvalue weighted by atomic mass is 32.2. The zero-order chi connectivity index (χ0) is 9.56. The van der Waals surface area contributed by atoms with Gasteiger partial charge in [0.15, 0.2) is 0 Å². The molecule has 0 fully saturated rings. The largest absolute Gasteiger partial charge is 0.247 e. The summed E-state index contributed by atoms with van der Waals surface area (Å²) in [5, 5.41) is 1.12. The molecule has 0 bridgehead atoms. The molecule has 0 saturated heterocycles. The number of allylic oxidation sites excluding steroid dienone is 3. The Balaban J connectivity index is 4.59. The average Bonchev–Trinajstić information content (AvgIpc) is 2.00. The zero-order valence-electron chi connectivity index (χ0n) is 8.51. The summed E-state index contributed by atoms with van der Waals surface area (Å²) in [6.45, 7) is 8.18. The van der Waals surface area contributed by atoms with Crippen molar-refractivity contribution in [3.05, 3.63) is 22.8 Å². The second-order valence-corrected chi connectivity index (χ2v) is 3.56. The molecule has 12 heavy (non-hydrogen) atoms. The Morgan fingerprint density at radius 1 is 1.25 bits per heavy atom. The van der Waals surface area contributed by atoms with Crippen LogP contribution < -0.4 is 0 Å². The number of rotatable bonds is 3. The highest BCUT2D eigenvalue weighted by Gasteiger charge is 1.93. The first kappa shape index (κ1) is 11.5. The van der Waals surface area contributed by atoms with Gasteiger partial charge in [0.1, 0.15) is 0 Å². The molecular weight excluding hydrogens is 166 g/mol. The molecule has 0 aliphatic heterocycles. The summed E-state index contributed by atoms with van der Waals surface area (Å²) in [7, 11) is 0. The summed E-state index contributed by atoms with van der Waals surface area (Å²) in [6.07, 6.45) is 6.07. The van der Waals surface area contributed by atoms with Crippen molar-refractivity contribution >= 4 is 17.5 Å². The Bertz CT molecular complexity index is 220. The number of aliphatic imine (C=N–C) groups is 1. The topological polar surface area (TPSA) is 12.4 Å². The van der Waals surface area contributed by atoms with Crippen LogP contribution in [0.1, 0.15) is 27.7 Å². The molecule has 0 atom stereocenters. The maximum Gasteiger partial charge on any atom is 0.0946 e. The van der Waals surface area contributed by atoms with E-state index in [1.54, 1.807) is 11.8 Å². The molecule has 0 N–H and O–H groups in total. The lowest BCUT2D eigenvalue weighted by molar-refractivity contribution is 1.31. The molecule has 0 rings (SSSR count). The van der Waals surface area contributed by atoms with Gasteiger partial charge in [-0.2, -0.15) is 0 Å². The fraction of sp³-hybridized carbons (Fsp3) is 0.500. The Morgan fingerprint density at radius 3 is 2.17 bits per heavy atom. The van der Waals surface area contributed by atoms with Crippen LogP contribution in [0.4, 0.5) is 0 Å². The van der Waals surface area contributed by atoms with E-state index in [4.69, 9.17) is 0 Å². The summed E-state index contributed by atoms with van der Waals surface area (Å²) in [5.74, 6) is 0. The van der Waals surface area contributed by atoms with Crippen LogP contribution >= 0.6 is 11.8 Å². The number of hydrogen-bond acceptors (Lipinski definition) is 2. The van der Waals surface area contributed by atoms with Crippen LogP contribution in [0.2, 0.25) is 0 Å². The van der Waals surface area contributed by atoms with Crippen molar-refractivity contribution in [2.24, 2.45) is 4.99 Å². The van der Waals surface area contributed by atoms with Gasteiger partial charge in [-0.3, -0.25) is 0 Å². The van der Waals surface area contributed by atoms with Crippen molar-refractivity contribution in [1.29, 1.82) is 0 Å². The van der Waals surface area contributed by atoms with E-state index in [-0.39, 0.29) is 0 Å². The van der Waals surface area contributed by atoms with E-state index in [0.29, 0.717) is 0 Å². The van der Waals surface area contributed by atoms with Crippen molar-refractivity contribution in [3.8, 4) is 0 Å². The van der Waals surface area contributed by atoms with Crippen molar-refractivity contribution in [2.75, 3.05) is 6.26 Å². The van der Waals surface area contributed by atoms with Crippen LogP contribution in [0, 0.1) is 0 Å². The average molecular weight is 183 g/mol. The van der Waals surface area contributed by atoms with Crippen LogP contribution in [-0.4, -0.2) is 12.0 Å². The minimum atomic E-state index is 1.06. The Kier molecular flexibility index (Phi) is 5.81. The number of thioether (sulfide) groups is 1. The van der Waals surface area contributed by atoms with Gasteiger partial charge in [-0.05, 0) is 45.6 Å². The van der Waals surface area contributed by atoms with E-state index in [9.17, 15) is 0 Å². The van der Waals surface area contributed by atoms with Gasteiger partial charge in [-0.1, -0.05) is 6.08 Å². The SMILES string of the molecule is C/C=C\C(C)=N/C(SC)=C(C)C. The first-order valence-corrected chi connectivity index (χ1v) is 5.23. The monoisotopic (exact) mass is 183 g/mol. The minimum Gasteiger partial charge on any atom is -0.247 e. The van der Waals surface area contributed by atoms with Gasteiger partial charge in [-0.25, -0.2) is 4.99 Å². The molecule has 0 saturated carbocycles. The van der Waals surface area contributed by atoms with Crippen LogP contribution in [0.15, 0.2) is 27.7 Å². The molecule has 0 aliphatic rings. The molecule has 0 spiro atoms. The van der Waals surface area contributed by atoms with E-state index >= 15 is 0 Å². The second-order valence-electron chi connectivity index (χ2n) is 2.76. The highest BCUT2D eigenvalue weighted by molar-refractivity contribution is 8.02. The predicted octanol–water partition coefficient (Wildman–Crippen LogP) is 3.64. The molecule has 1 nitrogen and oxygen atoms in total. The molecule has 68 valence electrons. The third-order valence-corrected chi connectivity index (χ3v) is 2.19. The lowest BCUT2D eigenvalue weighted by atomic mass is 10.3. The Hall–Kier alpha value is -0.500. The molecule has 0 aromatic rings. The fourth-order valence-electron chi connectivity index (χ4n) is 0.800. The maximum atomic E-state index is 4.46. The van der Waals surface area contributed by atoms with Gasteiger partial charge < -0.3 is 0 Å². The third-order valence-electron chi connectivity index (χ3n) is 1.31. The van der Waals surface area contributed by atoms with E-state index in [1.807, 2.05) is 26.0 Å². The predicted molar refractivity (Wildman–Crippen MR) is 59.8 cm³/mol. The summed E-state index contributed by atoms with van der Waals surface area (Å²) >= 11 is 1.69. The van der Waals surface area contributed by atoms with Crippen LogP contribution in [0.5, 0.6) is 0 Å². The van der Waals surface area contributed by atoms with Gasteiger partial charge in [0.25, 0.3) is 0 Å². The lowest BCUT2D eigenvalue weighted by Crippen LogP contribution is -1.86. The summed E-state index contributed by atoms with van der Waals surface area (Å²) in [6, 6.07) is 0. The fourth-order valence-corrected chi connectivity index (χ4v) is 1.44. The van der Waals surface area contributed by atoms with Gasteiger partial charge in [-0.15, -0.1) is 11.8 Å². The molecule has 0 aromatic heterocycles. The minimum absolute atomic E-state index is 1.06. The Labute approximate surface area is 79.7 Å². The molecule has 0 radical (unpaired) electrons. The van der Waals surface area contributed by atoms with Crippen LogP contribution in [0.3, 0.4) is 0 Å². The van der Waals surface area contributed by atoms with Gasteiger partial charge >= 0.3 is 0 Å². The zero-order valence-corrected chi connectivity index (χ0v) is 9.33. The Morgan fingerprint density at radius 2 is 1.83 bits per heavy atom. The molecule has 0 amide bonds. The van der Waals surface area contributed by atoms with E-state index in [1.165, 1.54) is 5.57 Å². The first-order chi connectivity index (χ1) is 5.61. The second kappa shape index (κ2) is 6.06. The van der Waals surface area contributed by atoms with E-state index in [2.05, 4.69) is 25.1 Å².